The predicted molar refractivity (Wildman–Crippen MR) is 108 cm³/mol. The minimum atomic E-state index is -0.656. The first-order valence-corrected chi connectivity index (χ1v) is 8.77. The predicted octanol–water partition coefficient (Wildman–Crippen LogP) is 4.74. The second kappa shape index (κ2) is 7.03. The number of aromatic nitrogens is 1. The highest BCUT2D eigenvalue weighted by Gasteiger charge is 2.17. The van der Waals surface area contributed by atoms with E-state index in [1.54, 1.807) is 26.2 Å². The number of anilines is 1. The fourth-order valence-electron chi connectivity index (χ4n) is 3.15. The number of ether oxygens (including phenoxy) is 2. The van der Waals surface area contributed by atoms with Crippen molar-refractivity contribution in [3.8, 4) is 11.5 Å². The number of aromatic amines is 1. The summed E-state index contributed by atoms with van der Waals surface area (Å²) >= 11 is 0. The second-order valence-electron chi connectivity index (χ2n) is 6.33. The molecule has 1 amide bonds. The first-order valence-electron chi connectivity index (χ1n) is 8.77. The minimum Gasteiger partial charge on any atom is -0.495 e. The van der Waals surface area contributed by atoms with Crippen molar-refractivity contribution in [3.05, 3.63) is 66.7 Å². The van der Waals surface area contributed by atoms with Crippen LogP contribution in [-0.4, -0.2) is 24.1 Å². The third kappa shape index (κ3) is 3.31. The van der Waals surface area contributed by atoms with Crippen LogP contribution in [0.2, 0.25) is 0 Å². The highest BCUT2D eigenvalue weighted by molar-refractivity contribution is 6.07. The number of rotatable bonds is 5. The smallest absolute Gasteiger partial charge is 0.265 e. The average molecular weight is 360 g/mol. The van der Waals surface area contributed by atoms with Gasteiger partial charge in [-0.1, -0.05) is 30.3 Å². The number of fused-ring (bicyclic) bond motifs is 3. The molecule has 4 aromatic rings. The number of hydrogen-bond acceptors (Lipinski definition) is 3. The van der Waals surface area contributed by atoms with Crippen LogP contribution in [-0.2, 0) is 4.79 Å². The fourth-order valence-corrected chi connectivity index (χ4v) is 3.15. The quantitative estimate of drug-likeness (QED) is 0.540. The molecule has 27 heavy (non-hydrogen) atoms. The molecule has 0 bridgehead atoms. The second-order valence-corrected chi connectivity index (χ2v) is 6.33. The van der Waals surface area contributed by atoms with E-state index in [2.05, 4.69) is 16.4 Å². The van der Waals surface area contributed by atoms with Crippen molar-refractivity contribution in [2.75, 3.05) is 12.4 Å². The number of carbonyl (C=O) groups is 1. The summed E-state index contributed by atoms with van der Waals surface area (Å²) in [6.45, 7) is 1.72. The summed E-state index contributed by atoms with van der Waals surface area (Å²) in [7, 11) is 1.57. The molecule has 0 saturated heterocycles. The van der Waals surface area contributed by atoms with Gasteiger partial charge in [-0.2, -0.15) is 0 Å². The van der Waals surface area contributed by atoms with E-state index in [-0.39, 0.29) is 5.91 Å². The van der Waals surface area contributed by atoms with Crippen LogP contribution in [0.5, 0.6) is 11.5 Å². The van der Waals surface area contributed by atoms with Gasteiger partial charge in [0.1, 0.15) is 11.5 Å². The zero-order valence-electron chi connectivity index (χ0n) is 15.2. The molecule has 0 aliphatic carbocycles. The normalized spacial score (nSPS) is 12.1. The van der Waals surface area contributed by atoms with Crippen LogP contribution < -0.4 is 14.8 Å². The molecule has 136 valence electrons. The SMILES string of the molecule is COc1ccccc1NC(=O)[C@H](C)Oc1ccc2c(c1)[nH]c1ccccc12. The molecule has 5 heteroatoms. The van der Waals surface area contributed by atoms with Crippen LogP contribution in [0.3, 0.4) is 0 Å². The number of benzene rings is 3. The van der Waals surface area contributed by atoms with Gasteiger partial charge in [0.05, 0.1) is 18.3 Å². The Labute approximate surface area is 156 Å². The molecule has 0 saturated carbocycles. The van der Waals surface area contributed by atoms with Crippen molar-refractivity contribution in [3.63, 3.8) is 0 Å². The van der Waals surface area contributed by atoms with Crippen LogP contribution in [0.15, 0.2) is 66.7 Å². The summed E-state index contributed by atoms with van der Waals surface area (Å²) in [5.74, 6) is 1.01. The summed E-state index contributed by atoms with van der Waals surface area (Å²) in [5, 5.41) is 5.14. The van der Waals surface area contributed by atoms with Crippen LogP contribution in [0.4, 0.5) is 5.69 Å². The summed E-state index contributed by atoms with van der Waals surface area (Å²) in [6, 6.07) is 21.2. The lowest BCUT2D eigenvalue weighted by Crippen LogP contribution is -2.30. The van der Waals surface area contributed by atoms with Crippen LogP contribution >= 0.6 is 0 Å². The molecule has 1 heterocycles. The number of H-pyrrole nitrogens is 1. The summed E-state index contributed by atoms with van der Waals surface area (Å²) in [5.41, 5.74) is 2.67. The molecular weight excluding hydrogens is 340 g/mol. The summed E-state index contributed by atoms with van der Waals surface area (Å²) in [6.07, 6.45) is -0.656. The summed E-state index contributed by atoms with van der Waals surface area (Å²) in [4.78, 5) is 15.9. The minimum absolute atomic E-state index is 0.240. The number of hydrogen-bond donors (Lipinski definition) is 2. The Bertz CT molecular complexity index is 1120. The Balaban J connectivity index is 1.52. The van der Waals surface area contributed by atoms with Gasteiger partial charge in [0.25, 0.3) is 5.91 Å². The van der Waals surface area contributed by atoms with E-state index in [9.17, 15) is 4.79 Å². The molecule has 1 aromatic heterocycles. The largest absolute Gasteiger partial charge is 0.495 e. The molecule has 0 aliphatic heterocycles. The number of methoxy groups -OCH3 is 1. The molecule has 1 atom stereocenters. The molecule has 0 spiro atoms. The van der Waals surface area contributed by atoms with E-state index in [0.717, 1.165) is 16.4 Å². The van der Waals surface area contributed by atoms with Crippen molar-refractivity contribution in [1.29, 1.82) is 0 Å². The van der Waals surface area contributed by atoms with E-state index < -0.39 is 6.10 Å². The van der Waals surface area contributed by atoms with Gasteiger partial charge in [-0.15, -0.1) is 0 Å². The molecule has 2 N–H and O–H groups in total. The lowest BCUT2D eigenvalue weighted by Gasteiger charge is -2.16. The molecule has 0 unspecified atom stereocenters. The molecule has 4 rings (SSSR count). The van der Waals surface area contributed by atoms with E-state index in [0.29, 0.717) is 17.2 Å². The lowest BCUT2D eigenvalue weighted by atomic mass is 10.1. The van der Waals surface area contributed by atoms with E-state index >= 15 is 0 Å². The van der Waals surface area contributed by atoms with Crippen molar-refractivity contribution < 1.29 is 14.3 Å². The van der Waals surface area contributed by atoms with Gasteiger partial charge >= 0.3 is 0 Å². The average Bonchev–Trinajstić information content (AvgIpc) is 3.06. The maximum absolute atomic E-state index is 12.5. The molecular formula is C22H20N2O3. The third-order valence-corrected chi connectivity index (χ3v) is 4.52. The Morgan fingerprint density at radius 3 is 2.56 bits per heavy atom. The van der Waals surface area contributed by atoms with Gasteiger partial charge in [-0.05, 0) is 37.3 Å². The van der Waals surface area contributed by atoms with E-state index in [1.165, 1.54) is 5.39 Å². The van der Waals surface area contributed by atoms with Gasteiger partial charge in [-0.25, -0.2) is 0 Å². The van der Waals surface area contributed by atoms with Gasteiger partial charge < -0.3 is 19.8 Å². The zero-order chi connectivity index (χ0) is 18.8. The molecule has 5 nitrogen and oxygen atoms in total. The number of carbonyl (C=O) groups excluding carboxylic acids is 1. The van der Waals surface area contributed by atoms with E-state index in [1.807, 2.05) is 48.5 Å². The number of nitrogens with one attached hydrogen (secondary N) is 2. The van der Waals surface area contributed by atoms with Crippen LogP contribution in [0.25, 0.3) is 21.8 Å². The molecule has 0 aliphatic rings. The first kappa shape index (κ1) is 17.0. The Kier molecular flexibility index (Phi) is 4.42. The van der Waals surface area contributed by atoms with Crippen molar-refractivity contribution >= 4 is 33.4 Å². The van der Waals surface area contributed by atoms with Crippen molar-refractivity contribution in [2.45, 2.75) is 13.0 Å². The lowest BCUT2D eigenvalue weighted by molar-refractivity contribution is -0.122. The van der Waals surface area contributed by atoms with Crippen LogP contribution in [0, 0.1) is 0 Å². The number of amides is 1. The third-order valence-electron chi connectivity index (χ3n) is 4.52. The maximum atomic E-state index is 12.5. The van der Waals surface area contributed by atoms with Gasteiger partial charge in [-0.3, -0.25) is 4.79 Å². The van der Waals surface area contributed by atoms with Gasteiger partial charge in [0.15, 0.2) is 6.10 Å². The molecule has 0 fully saturated rings. The molecule has 3 aromatic carbocycles. The standard InChI is InChI=1S/C22H20N2O3/c1-14(22(25)24-19-9-5-6-10-21(19)26-2)27-15-11-12-17-16-7-3-4-8-18(16)23-20(17)13-15/h3-14,23H,1-2H3,(H,24,25)/t14-/m0/s1. The van der Waals surface area contributed by atoms with Crippen LogP contribution in [0.1, 0.15) is 6.92 Å². The topological polar surface area (TPSA) is 63.4 Å². The highest BCUT2D eigenvalue weighted by atomic mass is 16.5. The monoisotopic (exact) mass is 360 g/mol. The first-order chi connectivity index (χ1) is 13.2. The van der Waals surface area contributed by atoms with Gasteiger partial charge in [0, 0.05) is 22.4 Å². The van der Waals surface area contributed by atoms with Crippen molar-refractivity contribution in [2.24, 2.45) is 0 Å². The molecule has 0 radical (unpaired) electrons. The Morgan fingerprint density at radius 2 is 1.70 bits per heavy atom. The fraction of sp³-hybridized carbons (Fsp3) is 0.136. The zero-order valence-corrected chi connectivity index (χ0v) is 15.2. The van der Waals surface area contributed by atoms with Gasteiger partial charge in [0.2, 0.25) is 0 Å². The number of para-hydroxylation sites is 3. The highest BCUT2D eigenvalue weighted by Crippen LogP contribution is 2.29. The summed E-state index contributed by atoms with van der Waals surface area (Å²) < 4.78 is 11.1. The van der Waals surface area contributed by atoms with E-state index in [4.69, 9.17) is 9.47 Å². The Morgan fingerprint density at radius 1 is 0.963 bits per heavy atom. The Hall–Kier alpha value is -3.47. The van der Waals surface area contributed by atoms with Crippen molar-refractivity contribution in [1.82, 2.24) is 4.98 Å². The maximum Gasteiger partial charge on any atom is 0.265 e.